The second-order valence-corrected chi connectivity index (χ2v) is 5.63. The first-order chi connectivity index (χ1) is 8.77. The van der Waals surface area contributed by atoms with Crippen molar-refractivity contribution in [1.29, 1.82) is 0 Å². The molecular weight excluding hydrogens is 246 g/mol. The topological polar surface area (TPSA) is 66.8 Å². The lowest BCUT2D eigenvalue weighted by Crippen LogP contribution is -2.44. The molecule has 0 aromatic rings. The fourth-order valence-electron chi connectivity index (χ4n) is 2.04. The Hall–Kier alpha value is -1.26. The van der Waals surface area contributed by atoms with Gasteiger partial charge in [0.1, 0.15) is 0 Å². The number of hydrogen-bond donors (Lipinski definition) is 1. The number of ether oxygens (including phenoxy) is 1. The lowest BCUT2D eigenvalue weighted by Gasteiger charge is -2.32. The van der Waals surface area contributed by atoms with Gasteiger partial charge in [-0.3, -0.25) is 4.79 Å². The maximum atomic E-state index is 12.0. The van der Waals surface area contributed by atoms with Crippen molar-refractivity contribution in [2.45, 2.75) is 53.5 Å². The molecule has 1 N–H and O–H groups in total. The highest BCUT2D eigenvalue weighted by molar-refractivity contribution is 5.71. The highest BCUT2D eigenvalue weighted by atomic mass is 16.6. The molecule has 1 amide bonds. The minimum atomic E-state index is -0.885. The highest BCUT2D eigenvalue weighted by Crippen LogP contribution is 2.18. The average molecular weight is 273 g/mol. The molecule has 0 rings (SSSR count). The Labute approximate surface area is 115 Å². The number of carboxylic acids is 1. The van der Waals surface area contributed by atoms with Crippen LogP contribution in [0.5, 0.6) is 0 Å². The van der Waals surface area contributed by atoms with E-state index in [0.717, 1.165) is 0 Å². The maximum absolute atomic E-state index is 12.0. The summed E-state index contributed by atoms with van der Waals surface area (Å²) < 4.78 is 5.04. The Morgan fingerprint density at radius 3 is 2.11 bits per heavy atom. The highest BCUT2D eigenvalue weighted by Gasteiger charge is 2.28. The number of carbonyl (C=O) groups excluding carboxylic acids is 1. The van der Waals surface area contributed by atoms with Gasteiger partial charge in [0.05, 0.1) is 13.0 Å². The molecule has 5 heteroatoms. The Bertz CT molecular complexity index is 289. The molecule has 1 atom stereocenters. The summed E-state index contributed by atoms with van der Waals surface area (Å²) in [6.07, 6.45) is 0.213. The van der Waals surface area contributed by atoms with E-state index in [2.05, 4.69) is 0 Å². The fourth-order valence-corrected chi connectivity index (χ4v) is 2.04. The molecule has 0 aromatic carbocycles. The summed E-state index contributed by atoms with van der Waals surface area (Å²) >= 11 is 0. The number of rotatable bonds is 8. The monoisotopic (exact) mass is 273 g/mol. The molecule has 0 saturated heterocycles. The first-order valence-corrected chi connectivity index (χ1v) is 6.93. The number of carboxylic acid groups (broad SMARTS) is 1. The van der Waals surface area contributed by atoms with Crippen LogP contribution in [0.4, 0.5) is 4.79 Å². The standard InChI is InChI=1S/C14H27NO4/c1-6-19-14(18)15(9-11(4)5)12(7-10(2)3)8-13(16)17/h10-12H,6-9H2,1-5H3,(H,16,17). The minimum absolute atomic E-state index is 0.0380. The Morgan fingerprint density at radius 2 is 1.74 bits per heavy atom. The molecule has 0 heterocycles. The molecule has 5 nitrogen and oxygen atoms in total. The van der Waals surface area contributed by atoms with Crippen molar-refractivity contribution in [1.82, 2.24) is 4.90 Å². The molecule has 0 fully saturated rings. The molecule has 0 aromatic heterocycles. The molecule has 0 spiro atoms. The quantitative estimate of drug-likeness (QED) is 0.738. The minimum Gasteiger partial charge on any atom is -0.481 e. The van der Waals surface area contributed by atoms with Gasteiger partial charge in [0, 0.05) is 12.6 Å². The first-order valence-electron chi connectivity index (χ1n) is 6.93. The Balaban J connectivity index is 4.97. The third kappa shape index (κ3) is 7.70. The SMILES string of the molecule is CCOC(=O)N(CC(C)C)C(CC(=O)O)CC(C)C. The van der Waals surface area contributed by atoms with Gasteiger partial charge in [-0.25, -0.2) is 4.79 Å². The van der Waals surface area contributed by atoms with Gasteiger partial charge in [-0.15, -0.1) is 0 Å². The summed E-state index contributed by atoms with van der Waals surface area (Å²) in [5.41, 5.74) is 0. The summed E-state index contributed by atoms with van der Waals surface area (Å²) in [4.78, 5) is 24.5. The Morgan fingerprint density at radius 1 is 1.16 bits per heavy atom. The third-order valence-electron chi connectivity index (χ3n) is 2.66. The summed E-state index contributed by atoms with van der Waals surface area (Å²) in [5, 5.41) is 9.01. The molecule has 0 radical (unpaired) electrons. The van der Waals surface area contributed by atoms with Gasteiger partial charge >= 0.3 is 12.1 Å². The van der Waals surface area contributed by atoms with Crippen molar-refractivity contribution >= 4 is 12.1 Å². The van der Waals surface area contributed by atoms with Gasteiger partial charge in [-0.2, -0.15) is 0 Å². The lowest BCUT2D eigenvalue weighted by molar-refractivity contribution is -0.138. The predicted molar refractivity (Wildman–Crippen MR) is 74.1 cm³/mol. The maximum Gasteiger partial charge on any atom is 0.410 e. The normalized spacial score (nSPS) is 12.6. The van der Waals surface area contributed by atoms with E-state index >= 15 is 0 Å². The molecular formula is C14H27NO4. The zero-order chi connectivity index (χ0) is 15.0. The number of hydrogen-bond acceptors (Lipinski definition) is 3. The number of amides is 1. The molecule has 0 aliphatic rings. The van der Waals surface area contributed by atoms with Gasteiger partial charge in [0.15, 0.2) is 0 Å². The number of nitrogens with zero attached hydrogens (tertiary/aromatic N) is 1. The van der Waals surface area contributed by atoms with E-state index < -0.39 is 12.1 Å². The summed E-state index contributed by atoms with van der Waals surface area (Å²) in [7, 11) is 0. The largest absolute Gasteiger partial charge is 0.481 e. The van der Waals surface area contributed by atoms with Crippen molar-refractivity contribution in [3.05, 3.63) is 0 Å². The van der Waals surface area contributed by atoms with Crippen molar-refractivity contribution in [3.63, 3.8) is 0 Å². The number of carbonyl (C=O) groups is 2. The van der Waals surface area contributed by atoms with Crippen LogP contribution in [0.15, 0.2) is 0 Å². The van der Waals surface area contributed by atoms with Crippen LogP contribution in [-0.2, 0) is 9.53 Å². The van der Waals surface area contributed by atoms with E-state index in [4.69, 9.17) is 9.84 Å². The third-order valence-corrected chi connectivity index (χ3v) is 2.66. The molecule has 0 aliphatic carbocycles. The van der Waals surface area contributed by atoms with Crippen LogP contribution in [0.2, 0.25) is 0 Å². The van der Waals surface area contributed by atoms with Gasteiger partial charge in [0.25, 0.3) is 0 Å². The van der Waals surface area contributed by atoms with Gasteiger partial charge in [-0.05, 0) is 25.2 Å². The second kappa shape index (κ2) is 8.77. The fraction of sp³-hybridized carbons (Fsp3) is 0.857. The second-order valence-electron chi connectivity index (χ2n) is 5.63. The zero-order valence-electron chi connectivity index (χ0n) is 12.7. The molecule has 19 heavy (non-hydrogen) atoms. The van der Waals surface area contributed by atoms with Crippen molar-refractivity contribution < 1.29 is 19.4 Å². The summed E-state index contributed by atoms with van der Waals surface area (Å²) in [6.45, 7) is 10.6. The van der Waals surface area contributed by atoms with E-state index in [1.807, 2.05) is 27.7 Å². The van der Waals surface area contributed by atoms with E-state index in [-0.39, 0.29) is 18.4 Å². The summed E-state index contributed by atoms with van der Waals surface area (Å²) in [6, 6.07) is -0.307. The predicted octanol–water partition coefficient (Wildman–Crippen LogP) is 2.99. The van der Waals surface area contributed by atoms with Crippen LogP contribution in [0.3, 0.4) is 0 Å². The van der Waals surface area contributed by atoms with E-state index in [1.54, 1.807) is 11.8 Å². The van der Waals surface area contributed by atoms with Crippen LogP contribution < -0.4 is 0 Å². The number of aliphatic carboxylic acids is 1. The smallest absolute Gasteiger partial charge is 0.410 e. The van der Waals surface area contributed by atoms with Gasteiger partial charge < -0.3 is 14.7 Å². The van der Waals surface area contributed by atoms with Gasteiger partial charge in [-0.1, -0.05) is 27.7 Å². The van der Waals surface area contributed by atoms with E-state index in [9.17, 15) is 9.59 Å². The van der Waals surface area contributed by atoms with Crippen molar-refractivity contribution in [2.75, 3.05) is 13.2 Å². The van der Waals surface area contributed by atoms with E-state index in [1.165, 1.54) is 0 Å². The van der Waals surface area contributed by atoms with Crippen molar-refractivity contribution in [3.8, 4) is 0 Å². The van der Waals surface area contributed by atoms with Crippen LogP contribution in [0.1, 0.15) is 47.5 Å². The van der Waals surface area contributed by atoms with Crippen LogP contribution in [0, 0.1) is 11.8 Å². The Kier molecular flexibility index (Phi) is 8.19. The molecule has 0 aliphatic heterocycles. The van der Waals surface area contributed by atoms with Gasteiger partial charge in [0.2, 0.25) is 0 Å². The van der Waals surface area contributed by atoms with Crippen LogP contribution >= 0.6 is 0 Å². The molecule has 0 bridgehead atoms. The molecule has 112 valence electrons. The average Bonchev–Trinajstić information content (AvgIpc) is 2.23. The first kappa shape index (κ1) is 17.7. The molecule has 0 saturated carbocycles. The summed E-state index contributed by atoms with van der Waals surface area (Å²) in [5.74, 6) is -0.287. The van der Waals surface area contributed by atoms with Crippen LogP contribution in [0.25, 0.3) is 0 Å². The molecule has 1 unspecified atom stereocenters. The van der Waals surface area contributed by atoms with Crippen LogP contribution in [-0.4, -0.2) is 41.3 Å². The van der Waals surface area contributed by atoms with E-state index in [0.29, 0.717) is 25.5 Å². The zero-order valence-corrected chi connectivity index (χ0v) is 12.7. The lowest BCUT2D eigenvalue weighted by atomic mass is 9.99. The van der Waals surface area contributed by atoms with Crippen molar-refractivity contribution in [2.24, 2.45) is 11.8 Å².